The minimum Gasteiger partial charge on any atom is -0.440 e. The molecule has 1 saturated carbocycles. The molecule has 1 unspecified atom stereocenters. The molecule has 0 saturated heterocycles. The number of allylic oxidation sites excluding steroid dienone is 1. The lowest BCUT2D eigenvalue weighted by Gasteiger charge is -2.19. The first kappa shape index (κ1) is 9.95. The fourth-order valence-electron chi connectivity index (χ4n) is 2.74. The van der Waals surface area contributed by atoms with E-state index < -0.39 is 0 Å². The second-order valence-corrected chi connectivity index (χ2v) is 5.04. The van der Waals surface area contributed by atoms with Gasteiger partial charge in [0, 0.05) is 12.1 Å². The molecule has 1 aliphatic heterocycles. The van der Waals surface area contributed by atoms with Crippen molar-refractivity contribution in [3.63, 3.8) is 0 Å². The van der Waals surface area contributed by atoms with Gasteiger partial charge in [-0.1, -0.05) is 18.2 Å². The molecule has 2 heterocycles. The minimum absolute atomic E-state index is 0.112. The van der Waals surface area contributed by atoms with E-state index in [0.717, 1.165) is 5.56 Å². The van der Waals surface area contributed by atoms with Gasteiger partial charge in [0.1, 0.15) is 5.58 Å². The highest BCUT2D eigenvalue weighted by molar-refractivity contribution is 5.79. The highest BCUT2D eigenvalue weighted by Gasteiger charge is 2.36. The van der Waals surface area contributed by atoms with Gasteiger partial charge in [0.2, 0.25) is 5.88 Å². The fraction of sp³-hybridized carbons (Fsp3) is 0.267. The average Bonchev–Trinajstić information content (AvgIpc) is 3.22. The standard InChI is InChI=1S/C15H13NO2/c17-14-11-3-1-2-4-12(11)18-15-13(14)10(7-8-16-15)9-5-6-9/h1-4,7-10,16H,5-6H2. The SMILES string of the molecule is O=c1c2c(oc3ccccc13)NC=CC2C1CC1. The molecule has 3 heteroatoms. The first-order chi connectivity index (χ1) is 8.84. The number of benzene rings is 1. The average molecular weight is 239 g/mol. The van der Waals surface area contributed by atoms with Gasteiger partial charge in [-0.2, -0.15) is 0 Å². The Labute approximate surface area is 104 Å². The van der Waals surface area contributed by atoms with Crippen molar-refractivity contribution in [3.05, 3.63) is 52.3 Å². The lowest BCUT2D eigenvalue weighted by molar-refractivity contribution is 0.591. The first-order valence-electron chi connectivity index (χ1n) is 6.33. The number of para-hydroxylation sites is 1. The summed E-state index contributed by atoms with van der Waals surface area (Å²) in [7, 11) is 0. The van der Waals surface area contributed by atoms with Gasteiger partial charge in [0.15, 0.2) is 5.43 Å². The molecule has 1 aromatic heterocycles. The third kappa shape index (κ3) is 1.33. The van der Waals surface area contributed by atoms with Crippen LogP contribution in [0.4, 0.5) is 5.88 Å². The van der Waals surface area contributed by atoms with E-state index >= 15 is 0 Å². The van der Waals surface area contributed by atoms with Gasteiger partial charge in [-0.3, -0.25) is 4.79 Å². The van der Waals surface area contributed by atoms with E-state index in [1.807, 2.05) is 30.5 Å². The number of rotatable bonds is 1. The number of hydrogen-bond acceptors (Lipinski definition) is 3. The molecule has 1 N–H and O–H groups in total. The van der Waals surface area contributed by atoms with Crippen molar-refractivity contribution in [3.8, 4) is 0 Å². The molecule has 90 valence electrons. The monoisotopic (exact) mass is 239 g/mol. The van der Waals surface area contributed by atoms with Crippen molar-refractivity contribution < 1.29 is 4.42 Å². The molecule has 1 atom stereocenters. The molecule has 1 fully saturated rings. The Morgan fingerprint density at radius 1 is 1.22 bits per heavy atom. The second-order valence-electron chi connectivity index (χ2n) is 5.04. The molecular formula is C15H13NO2. The summed E-state index contributed by atoms with van der Waals surface area (Å²) in [5, 5.41) is 3.74. The Bertz CT molecular complexity index is 710. The fourth-order valence-corrected chi connectivity index (χ4v) is 2.74. The van der Waals surface area contributed by atoms with Crippen LogP contribution in [0.2, 0.25) is 0 Å². The van der Waals surface area contributed by atoms with Gasteiger partial charge in [-0.05, 0) is 30.9 Å². The molecule has 0 amide bonds. The normalized spacial score (nSPS) is 21.7. The van der Waals surface area contributed by atoms with Crippen LogP contribution in [0.3, 0.4) is 0 Å². The maximum atomic E-state index is 12.6. The number of anilines is 1. The predicted octanol–water partition coefficient (Wildman–Crippen LogP) is 3.23. The molecule has 18 heavy (non-hydrogen) atoms. The van der Waals surface area contributed by atoms with E-state index in [1.165, 1.54) is 12.8 Å². The Kier molecular flexibility index (Phi) is 1.92. The van der Waals surface area contributed by atoms with Crippen LogP contribution in [-0.4, -0.2) is 0 Å². The lowest BCUT2D eigenvalue weighted by atomic mass is 9.92. The molecule has 0 spiro atoms. The smallest absolute Gasteiger partial charge is 0.205 e. The summed E-state index contributed by atoms with van der Waals surface area (Å²) in [6.07, 6.45) is 6.40. The van der Waals surface area contributed by atoms with Crippen molar-refractivity contribution in [2.45, 2.75) is 18.8 Å². The van der Waals surface area contributed by atoms with Gasteiger partial charge < -0.3 is 9.73 Å². The van der Waals surface area contributed by atoms with Gasteiger partial charge in [0.25, 0.3) is 0 Å². The van der Waals surface area contributed by atoms with Crippen LogP contribution in [0.5, 0.6) is 0 Å². The summed E-state index contributed by atoms with van der Waals surface area (Å²) in [6, 6.07) is 7.44. The zero-order valence-electron chi connectivity index (χ0n) is 9.85. The molecular weight excluding hydrogens is 226 g/mol. The van der Waals surface area contributed by atoms with E-state index in [0.29, 0.717) is 22.8 Å². The van der Waals surface area contributed by atoms with Gasteiger partial charge in [-0.15, -0.1) is 0 Å². The summed E-state index contributed by atoms with van der Waals surface area (Å²) in [5.41, 5.74) is 1.57. The molecule has 3 nitrogen and oxygen atoms in total. The van der Waals surface area contributed by atoms with Crippen LogP contribution >= 0.6 is 0 Å². The van der Waals surface area contributed by atoms with Crippen LogP contribution in [0, 0.1) is 5.92 Å². The molecule has 1 aliphatic carbocycles. The van der Waals surface area contributed by atoms with Gasteiger partial charge >= 0.3 is 0 Å². The van der Waals surface area contributed by atoms with Crippen molar-refractivity contribution in [2.24, 2.45) is 5.92 Å². The van der Waals surface area contributed by atoms with Crippen LogP contribution < -0.4 is 10.7 Å². The predicted molar refractivity (Wildman–Crippen MR) is 70.7 cm³/mol. The van der Waals surface area contributed by atoms with Crippen LogP contribution in [0.25, 0.3) is 11.0 Å². The summed E-state index contributed by atoms with van der Waals surface area (Å²) in [4.78, 5) is 12.6. The van der Waals surface area contributed by atoms with Crippen molar-refractivity contribution in [1.29, 1.82) is 0 Å². The van der Waals surface area contributed by atoms with E-state index in [4.69, 9.17) is 4.42 Å². The van der Waals surface area contributed by atoms with E-state index in [1.54, 1.807) is 0 Å². The minimum atomic E-state index is 0.112. The molecule has 2 aliphatic rings. The first-order valence-corrected chi connectivity index (χ1v) is 6.33. The van der Waals surface area contributed by atoms with E-state index in [9.17, 15) is 4.79 Å². The summed E-state index contributed by atoms with van der Waals surface area (Å²) >= 11 is 0. The number of fused-ring (bicyclic) bond motifs is 2. The maximum absolute atomic E-state index is 12.6. The zero-order chi connectivity index (χ0) is 12.1. The Morgan fingerprint density at radius 2 is 2.06 bits per heavy atom. The van der Waals surface area contributed by atoms with Crippen LogP contribution in [-0.2, 0) is 0 Å². The van der Waals surface area contributed by atoms with Crippen LogP contribution in [0.1, 0.15) is 24.3 Å². The zero-order valence-corrected chi connectivity index (χ0v) is 9.85. The highest BCUT2D eigenvalue weighted by Crippen LogP contribution is 2.46. The number of hydrogen-bond donors (Lipinski definition) is 1. The van der Waals surface area contributed by atoms with Crippen molar-refractivity contribution in [1.82, 2.24) is 0 Å². The second kappa shape index (κ2) is 3.48. The van der Waals surface area contributed by atoms with Gasteiger partial charge in [-0.25, -0.2) is 0 Å². The summed E-state index contributed by atoms with van der Waals surface area (Å²) in [6.45, 7) is 0. The number of nitrogens with one attached hydrogen (secondary N) is 1. The molecule has 0 radical (unpaired) electrons. The quantitative estimate of drug-likeness (QED) is 0.830. The van der Waals surface area contributed by atoms with Crippen molar-refractivity contribution in [2.75, 3.05) is 5.32 Å². The van der Waals surface area contributed by atoms with Gasteiger partial charge in [0.05, 0.1) is 10.9 Å². The largest absolute Gasteiger partial charge is 0.440 e. The van der Waals surface area contributed by atoms with E-state index in [-0.39, 0.29) is 11.3 Å². The third-order valence-electron chi connectivity index (χ3n) is 3.81. The topological polar surface area (TPSA) is 42.2 Å². The molecule has 4 rings (SSSR count). The highest BCUT2D eigenvalue weighted by atomic mass is 16.3. The van der Waals surface area contributed by atoms with Crippen molar-refractivity contribution >= 4 is 16.9 Å². The summed E-state index contributed by atoms with van der Waals surface area (Å²) in [5.74, 6) is 1.46. The molecule has 2 aromatic rings. The molecule has 1 aromatic carbocycles. The van der Waals surface area contributed by atoms with E-state index in [2.05, 4.69) is 11.4 Å². The maximum Gasteiger partial charge on any atom is 0.205 e. The Morgan fingerprint density at radius 3 is 2.89 bits per heavy atom. The third-order valence-corrected chi connectivity index (χ3v) is 3.81. The lowest BCUT2D eigenvalue weighted by Crippen LogP contribution is -2.19. The Balaban J connectivity index is 2.04. The molecule has 0 bridgehead atoms. The summed E-state index contributed by atoms with van der Waals surface area (Å²) < 4.78 is 5.81. The Hall–Kier alpha value is -2.03. The van der Waals surface area contributed by atoms with Crippen LogP contribution in [0.15, 0.2) is 45.8 Å².